The second-order valence-electron chi connectivity index (χ2n) is 6.54. The molecule has 3 aromatic rings. The molecule has 0 bridgehead atoms. The lowest BCUT2D eigenvalue weighted by atomic mass is 10.2. The summed E-state index contributed by atoms with van der Waals surface area (Å²) in [7, 11) is 0. The molecule has 0 saturated carbocycles. The van der Waals surface area contributed by atoms with Gasteiger partial charge in [0.1, 0.15) is 17.3 Å². The van der Waals surface area contributed by atoms with E-state index in [0.29, 0.717) is 17.9 Å². The van der Waals surface area contributed by atoms with Crippen LogP contribution in [0.2, 0.25) is 0 Å². The molecule has 1 saturated heterocycles. The Balaban J connectivity index is 1.61. The van der Waals surface area contributed by atoms with E-state index in [9.17, 15) is 4.79 Å². The van der Waals surface area contributed by atoms with Crippen LogP contribution in [0.4, 0.5) is 0 Å². The van der Waals surface area contributed by atoms with E-state index in [1.54, 1.807) is 0 Å². The molecule has 5 heteroatoms. The van der Waals surface area contributed by atoms with Gasteiger partial charge in [0.25, 0.3) is 5.91 Å². The van der Waals surface area contributed by atoms with Crippen LogP contribution in [0, 0.1) is 20.8 Å². The molecule has 0 aliphatic carbocycles. The van der Waals surface area contributed by atoms with E-state index in [-0.39, 0.29) is 11.9 Å². The van der Waals surface area contributed by atoms with Gasteiger partial charge in [-0.3, -0.25) is 4.79 Å². The molecule has 2 aromatic heterocycles. The normalized spacial score (nSPS) is 17.8. The molecule has 24 heavy (non-hydrogen) atoms. The van der Waals surface area contributed by atoms with Crippen molar-refractivity contribution in [3.8, 4) is 0 Å². The van der Waals surface area contributed by atoms with Gasteiger partial charge in [-0.2, -0.15) is 0 Å². The van der Waals surface area contributed by atoms with Crippen LogP contribution in [0.15, 0.2) is 34.7 Å². The summed E-state index contributed by atoms with van der Waals surface area (Å²) in [6.07, 6.45) is 0.947. The predicted molar refractivity (Wildman–Crippen MR) is 92.2 cm³/mol. The summed E-state index contributed by atoms with van der Waals surface area (Å²) < 4.78 is 7.78. The number of hydrogen-bond acceptors (Lipinski definition) is 3. The summed E-state index contributed by atoms with van der Waals surface area (Å²) in [5.41, 5.74) is 2.84. The van der Waals surface area contributed by atoms with Gasteiger partial charge in [0.15, 0.2) is 0 Å². The van der Waals surface area contributed by atoms with Crippen LogP contribution < -0.4 is 0 Å². The molecule has 1 fully saturated rings. The highest BCUT2D eigenvalue weighted by atomic mass is 16.3. The number of carbonyl (C=O) groups excluding carboxylic acids is 1. The predicted octanol–water partition coefficient (Wildman–Crippen LogP) is 3.64. The lowest BCUT2D eigenvalue weighted by molar-refractivity contribution is 0.0786. The van der Waals surface area contributed by atoms with Gasteiger partial charge in [0.05, 0.1) is 22.6 Å². The Morgan fingerprint density at radius 3 is 2.79 bits per heavy atom. The average molecular weight is 323 g/mol. The number of nitrogens with zero attached hydrogens (tertiary/aromatic N) is 3. The fourth-order valence-electron chi connectivity index (χ4n) is 3.78. The van der Waals surface area contributed by atoms with Crippen LogP contribution in [0.3, 0.4) is 0 Å². The Morgan fingerprint density at radius 1 is 1.25 bits per heavy atom. The van der Waals surface area contributed by atoms with Crippen molar-refractivity contribution in [1.82, 2.24) is 14.5 Å². The van der Waals surface area contributed by atoms with E-state index in [1.165, 1.54) is 0 Å². The zero-order valence-electron chi connectivity index (χ0n) is 14.2. The fourth-order valence-corrected chi connectivity index (χ4v) is 3.78. The van der Waals surface area contributed by atoms with E-state index >= 15 is 0 Å². The second-order valence-corrected chi connectivity index (χ2v) is 6.54. The number of para-hydroxylation sites is 2. The summed E-state index contributed by atoms with van der Waals surface area (Å²) in [4.78, 5) is 19.4. The number of benzene rings is 1. The van der Waals surface area contributed by atoms with Crippen LogP contribution in [-0.4, -0.2) is 33.4 Å². The van der Waals surface area contributed by atoms with Crippen molar-refractivity contribution in [1.29, 1.82) is 0 Å². The molecular weight excluding hydrogens is 302 g/mol. The van der Waals surface area contributed by atoms with Crippen molar-refractivity contribution in [3.63, 3.8) is 0 Å². The minimum atomic E-state index is 0.0638. The zero-order valence-corrected chi connectivity index (χ0v) is 14.2. The molecule has 1 aliphatic rings. The Hall–Kier alpha value is -2.56. The largest absolute Gasteiger partial charge is 0.466 e. The number of furan rings is 1. The number of aromatic nitrogens is 2. The van der Waals surface area contributed by atoms with Crippen LogP contribution in [0.5, 0.6) is 0 Å². The molecule has 1 atom stereocenters. The molecule has 1 aliphatic heterocycles. The number of amides is 1. The van der Waals surface area contributed by atoms with E-state index in [0.717, 1.165) is 35.6 Å². The highest BCUT2D eigenvalue weighted by molar-refractivity contribution is 5.95. The lowest BCUT2D eigenvalue weighted by Gasteiger charge is -2.18. The topological polar surface area (TPSA) is 51.3 Å². The number of hydrogen-bond donors (Lipinski definition) is 0. The Kier molecular flexibility index (Phi) is 3.44. The van der Waals surface area contributed by atoms with Gasteiger partial charge >= 0.3 is 0 Å². The number of fused-ring (bicyclic) bond motifs is 1. The van der Waals surface area contributed by atoms with E-state index in [1.807, 2.05) is 49.9 Å². The van der Waals surface area contributed by atoms with Crippen molar-refractivity contribution in [2.45, 2.75) is 33.2 Å². The van der Waals surface area contributed by atoms with Crippen molar-refractivity contribution < 1.29 is 9.21 Å². The molecule has 0 N–H and O–H groups in total. The van der Waals surface area contributed by atoms with Crippen molar-refractivity contribution >= 4 is 16.9 Å². The van der Waals surface area contributed by atoms with Crippen LogP contribution >= 0.6 is 0 Å². The quantitative estimate of drug-likeness (QED) is 0.723. The van der Waals surface area contributed by atoms with Gasteiger partial charge in [-0.25, -0.2) is 4.98 Å². The first-order valence-corrected chi connectivity index (χ1v) is 8.34. The smallest absolute Gasteiger partial charge is 0.257 e. The summed E-state index contributed by atoms with van der Waals surface area (Å²) in [6, 6.07) is 10.3. The number of rotatable bonds is 2. The second kappa shape index (κ2) is 5.51. The van der Waals surface area contributed by atoms with Gasteiger partial charge < -0.3 is 13.9 Å². The SMILES string of the molecule is Cc1cc(C(=O)N2CCC(n3c(C)nc4ccccc43)C2)c(C)o1. The highest BCUT2D eigenvalue weighted by Crippen LogP contribution is 2.29. The maximum Gasteiger partial charge on any atom is 0.257 e. The van der Waals surface area contributed by atoms with Gasteiger partial charge in [-0.1, -0.05) is 12.1 Å². The molecule has 3 heterocycles. The van der Waals surface area contributed by atoms with Crippen LogP contribution in [0.1, 0.15) is 40.2 Å². The van der Waals surface area contributed by atoms with Gasteiger partial charge in [0, 0.05) is 13.1 Å². The third-order valence-corrected chi connectivity index (χ3v) is 4.86. The lowest BCUT2D eigenvalue weighted by Crippen LogP contribution is -2.29. The molecule has 5 nitrogen and oxygen atoms in total. The van der Waals surface area contributed by atoms with Crippen molar-refractivity contribution in [2.24, 2.45) is 0 Å². The first kappa shape index (κ1) is 15.0. The molecule has 1 unspecified atom stereocenters. The van der Waals surface area contributed by atoms with E-state index in [4.69, 9.17) is 4.42 Å². The monoisotopic (exact) mass is 323 g/mol. The highest BCUT2D eigenvalue weighted by Gasteiger charge is 2.31. The summed E-state index contributed by atoms with van der Waals surface area (Å²) in [5, 5.41) is 0. The van der Waals surface area contributed by atoms with Crippen LogP contribution in [-0.2, 0) is 0 Å². The van der Waals surface area contributed by atoms with E-state index < -0.39 is 0 Å². The van der Waals surface area contributed by atoms with Crippen LogP contribution in [0.25, 0.3) is 11.0 Å². The molecule has 4 rings (SSSR count). The van der Waals surface area contributed by atoms with Gasteiger partial charge in [-0.15, -0.1) is 0 Å². The molecular formula is C19H21N3O2. The Labute approximate surface area is 140 Å². The zero-order chi connectivity index (χ0) is 16.8. The molecule has 0 radical (unpaired) electrons. The van der Waals surface area contributed by atoms with Gasteiger partial charge in [0.2, 0.25) is 0 Å². The van der Waals surface area contributed by atoms with E-state index in [2.05, 4.69) is 15.6 Å². The third kappa shape index (κ3) is 2.31. The third-order valence-electron chi connectivity index (χ3n) is 4.86. The average Bonchev–Trinajstić information content (AvgIpc) is 3.22. The maximum atomic E-state index is 12.8. The fraction of sp³-hybridized carbons (Fsp3) is 0.368. The molecule has 1 amide bonds. The summed E-state index contributed by atoms with van der Waals surface area (Å²) in [5.74, 6) is 2.55. The molecule has 1 aromatic carbocycles. The number of carbonyl (C=O) groups is 1. The molecule has 0 spiro atoms. The summed E-state index contributed by atoms with van der Waals surface area (Å²) in [6.45, 7) is 7.23. The number of likely N-dealkylation sites (tertiary alicyclic amines) is 1. The number of aryl methyl sites for hydroxylation is 3. The Bertz CT molecular complexity index is 922. The Morgan fingerprint density at radius 2 is 2.04 bits per heavy atom. The van der Waals surface area contributed by atoms with Crippen molar-refractivity contribution in [3.05, 3.63) is 53.2 Å². The molecule has 124 valence electrons. The first-order valence-electron chi connectivity index (χ1n) is 8.34. The van der Waals surface area contributed by atoms with Gasteiger partial charge in [-0.05, 0) is 45.4 Å². The number of imidazole rings is 1. The van der Waals surface area contributed by atoms with Crippen molar-refractivity contribution in [2.75, 3.05) is 13.1 Å². The standard InChI is InChI=1S/C19H21N3O2/c1-12-10-16(13(2)24-12)19(23)21-9-8-15(11-21)22-14(3)20-17-6-4-5-7-18(17)22/h4-7,10,15H,8-9,11H2,1-3H3. The summed E-state index contributed by atoms with van der Waals surface area (Å²) >= 11 is 0. The minimum Gasteiger partial charge on any atom is -0.466 e. The first-order chi connectivity index (χ1) is 11.5. The maximum absolute atomic E-state index is 12.8. The minimum absolute atomic E-state index is 0.0638.